The van der Waals surface area contributed by atoms with E-state index in [1.807, 2.05) is 18.8 Å². The van der Waals surface area contributed by atoms with Crippen molar-refractivity contribution >= 4 is 40.8 Å². The molecule has 21 heavy (non-hydrogen) atoms. The van der Waals surface area contributed by atoms with Crippen LogP contribution in [0.25, 0.3) is 10.9 Å². The molecule has 0 spiro atoms. The Balaban J connectivity index is 1.98. The molecule has 5 nitrogen and oxygen atoms in total. The van der Waals surface area contributed by atoms with E-state index in [0.717, 1.165) is 17.9 Å². The summed E-state index contributed by atoms with van der Waals surface area (Å²) in [7, 11) is 1.84. The largest absolute Gasteiger partial charge is 0.338 e. The molecule has 0 radical (unpaired) electrons. The summed E-state index contributed by atoms with van der Waals surface area (Å²) in [6.07, 6.45) is 1.03. The average molecular weight is 321 g/mol. The molecule has 1 saturated heterocycles. The number of aromatic amines is 2. The third kappa shape index (κ3) is 2.75. The predicted octanol–water partition coefficient (Wildman–Crippen LogP) is 2.16. The highest BCUT2D eigenvalue weighted by Gasteiger charge is 2.24. The van der Waals surface area contributed by atoms with Crippen molar-refractivity contribution in [3.8, 4) is 0 Å². The van der Waals surface area contributed by atoms with E-state index < -0.39 is 0 Å². The molecule has 3 rings (SSSR count). The number of rotatable bonds is 2. The first-order valence-corrected chi connectivity index (χ1v) is 8.24. The smallest absolute Gasteiger partial charge is 0.259 e. The Kier molecular flexibility index (Phi) is 3.86. The molecule has 2 N–H and O–H groups in total. The second-order valence-electron chi connectivity index (χ2n) is 5.10. The number of thioether (sulfide) groups is 1. The van der Waals surface area contributed by atoms with Crippen LogP contribution in [0, 0.1) is 4.77 Å². The minimum Gasteiger partial charge on any atom is -0.338 e. The maximum Gasteiger partial charge on any atom is 0.259 e. The average Bonchev–Trinajstić information content (AvgIpc) is 2.99. The fraction of sp³-hybridized carbons (Fsp3) is 0.357. The van der Waals surface area contributed by atoms with E-state index >= 15 is 0 Å². The van der Waals surface area contributed by atoms with Crippen LogP contribution >= 0.6 is 24.0 Å². The Labute approximate surface area is 130 Å². The van der Waals surface area contributed by atoms with E-state index in [2.05, 4.69) is 9.97 Å². The predicted molar refractivity (Wildman–Crippen MR) is 87.6 cm³/mol. The molecule has 2 aromatic rings. The lowest BCUT2D eigenvalue weighted by atomic mass is 10.1. The summed E-state index contributed by atoms with van der Waals surface area (Å²) in [5.41, 5.74) is 0.912. The van der Waals surface area contributed by atoms with Gasteiger partial charge in [-0.25, -0.2) is 0 Å². The molecule has 110 valence electrons. The molecule has 1 aliphatic heterocycles. The van der Waals surface area contributed by atoms with E-state index in [-0.39, 0.29) is 22.3 Å². The normalized spacial score (nSPS) is 18.0. The van der Waals surface area contributed by atoms with Crippen LogP contribution in [-0.4, -0.2) is 45.4 Å². The van der Waals surface area contributed by atoms with Gasteiger partial charge in [-0.2, -0.15) is 11.8 Å². The summed E-state index contributed by atoms with van der Waals surface area (Å²) in [6.45, 7) is 0. The van der Waals surface area contributed by atoms with Crippen LogP contribution in [0.4, 0.5) is 0 Å². The monoisotopic (exact) mass is 321 g/mol. The van der Waals surface area contributed by atoms with Gasteiger partial charge in [-0.1, -0.05) is 0 Å². The Bertz CT molecular complexity index is 806. The minimum absolute atomic E-state index is 0.0241. The van der Waals surface area contributed by atoms with Gasteiger partial charge in [-0.05, 0) is 42.6 Å². The SMILES string of the molecule is CN(C(=O)c1ccc2c(=O)[nH]c(=S)[nH]c2c1)[C@H]1CCSC1. The zero-order chi connectivity index (χ0) is 15.0. The molecular weight excluding hydrogens is 306 g/mol. The Hall–Kier alpha value is -1.60. The van der Waals surface area contributed by atoms with Crippen LogP contribution < -0.4 is 5.56 Å². The lowest BCUT2D eigenvalue weighted by Gasteiger charge is -2.23. The Morgan fingerprint density at radius 1 is 1.43 bits per heavy atom. The number of carbonyl (C=O) groups excluding carboxylic acids is 1. The van der Waals surface area contributed by atoms with Crippen molar-refractivity contribution in [1.82, 2.24) is 14.9 Å². The number of nitrogens with zero attached hydrogens (tertiary/aromatic N) is 1. The van der Waals surface area contributed by atoms with E-state index in [9.17, 15) is 9.59 Å². The second kappa shape index (κ2) is 5.65. The summed E-state index contributed by atoms with van der Waals surface area (Å²) < 4.78 is 0.262. The fourth-order valence-corrected chi connectivity index (χ4v) is 3.97. The maximum absolute atomic E-state index is 12.5. The number of fused-ring (bicyclic) bond motifs is 1. The van der Waals surface area contributed by atoms with Crippen LogP contribution in [0.2, 0.25) is 0 Å². The Morgan fingerprint density at radius 2 is 2.24 bits per heavy atom. The second-order valence-corrected chi connectivity index (χ2v) is 6.66. The number of nitrogens with one attached hydrogen (secondary N) is 2. The van der Waals surface area contributed by atoms with Gasteiger partial charge in [0.05, 0.1) is 10.9 Å². The van der Waals surface area contributed by atoms with Crippen molar-refractivity contribution in [3.05, 3.63) is 38.9 Å². The number of H-pyrrole nitrogens is 2. The van der Waals surface area contributed by atoms with Gasteiger partial charge < -0.3 is 9.88 Å². The van der Waals surface area contributed by atoms with Crippen LogP contribution in [-0.2, 0) is 0 Å². The quantitative estimate of drug-likeness (QED) is 0.832. The van der Waals surface area contributed by atoms with Crippen molar-refractivity contribution in [2.75, 3.05) is 18.6 Å². The van der Waals surface area contributed by atoms with Crippen LogP contribution in [0.5, 0.6) is 0 Å². The highest BCUT2D eigenvalue weighted by molar-refractivity contribution is 7.99. The first-order valence-electron chi connectivity index (χ1n) is 6.67. The first kappa shape index (κ1) is 14.3. The lowest BCUT2D eigenvalue weighted by Crippen LogP contribution is -2.37. The van der Waals surface area contributed by atoms with Crippen LogP contribution in [0.15, 0.2) is 23.0 Å². The number of aromatic nitrogens is 2. The van der Waals surface area contributed by atoms with E-state index in [1.54, 1.807) is 23.1 Å². The van der Waals surface area contributed by atoms with E-state index in [0.29, 0.717) is 16.5 Å². The molecule has 0 bridgehead atoms. The number of hydrogen-bond acceptors (Lipinski definition) is 4. The van der Waals surface area contributed by atoms with Gasteiger partial charge in [0, 0.05) is 24.4 Å². The summed E-state index contributed by atoms with van der Waals surface area (Å²) in [6, 6.07) is 5.33. The topological polar surface area (TPSA) is 69.0 Å². The molecule has 1 fully saturated rings. The van der Waals surface area contributed by atoms with Gasteiger partial charge in [-0.3, -0.25) is 14.6 Å². The van der Waals surface area contributed by atoms with Gasteiger partial charge in [0.1, 0.15) is 0 Å². The minimum atomic E-state index is -0.242. The van der Waals surface area contributed by atoms with Crippen molar-refractivity contribution in [2.24, 2.45) is 0 Å². The van der Waals surface area contributed by atoms with Crippen LogP contribution in [0.1, 0.15) is 16.8 Å². The van der Waals surface area contributed by atoms with Gasteiger partial charge in [-0.15, -0.1) is 0 Å². The van der Waals surface area contributed by atoms with E-state index in [1.165, 1.54) is 0 Å². The molecule has 7 heteroatoms. The van der Waals surface area contributed by atoms with Gasteiger partial charge in [0.15, 0.2) is 4.77 Å². The van der Waals surface area contributed by atoms with Crippen molar-refractivity contribution in [1.29, 1.82) is 0 Å². The molecule has 1 aromatic heterocycles. The standard InChI is InChI=1S/C14H15N3O2S2/c1-17(9-4-5-21-7-9)13(19)8-2-3-10-11(6-8)15-14(20)16-12(10)18/h2-3,6,9H,4-5,7H2,1H3,(H2,15,16,18,20)/t9-/m0/s1. The van der Waals surface area contributed by atoms with Crippen molar-refractivity contribution < 1.29 is 4.79 Å². The summed E-state index contributed by atoms with van der Waals surface area (Å²) in [4.78, 5) is 31.6. The molecule has 2 heterocycles. The summed E-state index contributed by atoms with van der Waals surface area (Å²) in [5, 5.41) is 0.499. The van der Waals surface area contributed by atoms with Crippen molar-refractivity contribution in [3.63, 3.8) is 0 Å². The van der Waals surface area contributed by atoms with Gasteiger partial charge in [0.2, 0.25) is 0 Å². The zero-order valence-corrected chi connectivity index (χ0v) is 13.1. The summed E-state index contributed by atoms with van der Waals surface area (Å²) >= 11 is 6.84. The third-order valence-corrected chi connectivity index (χ3v) is 5.11. The molecular formula is C14H15N3O2S2. The zero-order valence-electron chi connectivity index (χ0n) is 11.5. The van der Waals surface area contributed by atoms with E-state index in [4.69, 9.17) is 12.2 Å². The molecule has 1 aromatic carbocycles. The first-order chi connectivity index (χ1) is 10.1. The van der Waals surface area contributed by atoms with Crippen molar-refractivity contribution in [2.45, 2.75) is 12.5 Å². The molecule has 0 unspecified atom stereocenters. The number of carbonyl (C=O) groups is 1. The van der Waals surface area contributed by atoms with Gasteiger partial charge >= 0.3 is 0 Å². The molecule has 1 amide bonds. The maximum atomic E-state index is 12.5. The highest BCUT2D eigenvalue weighted by Crippen LogP contribution is 2.23. The third-order valence-electron chi connectivity index (χ3n) is 3.76. The number of amides is 1. The molecule has 0 saturated carbocycles. The molecule has 1 atom stereocenters. The lowest BCUT2D eigenvalue weighted by molar-refractivity contribution is 0.0748. The number of benzene rings is 1. The molecule has 0 aliphatic carbocycles. The number of hydrogen-bond donors (Lipinski definition) is 2. The van der Waals surface area contributed by atoms with Gasteiger partial charge in [0.25, 0.3) is 11.5 Å². The van der Waals surface area contributed by atoms with Crippen LogP contribution in [0.3, 0.4) is 0 Å². The highest BCUT2D eigenvalue weighted by atomic mass is 32.2. The fourth-order valence-electron chi connectivity index (χ4n) is 2.50. The molecule has 1 aliphatic rings. The Morgan fingerprint density at radius 3 is 2.95 bits per heavy atom. The summed E-state index contributed by atoms with van der Waals surface area (Å²) in [5.74, 6) is 2.06.